The minimum atomic E-state index is -1.05. The minimum absolute atomic E-state index is 0.0863. The predicted octanol–water partition coefficient (Wildman–Crippen LogP) is 1.26. The lowest BCUT2D eigenvalue weighted by Crippen LogP contribution is -2.29. The fraction of sp³-hybridized carbons (Fsp3) is 0.417. The van der Waals surface area contributed by atoms with E-state index in [4.69, 9.17) is 5.11 Å². The van der Waals surface area contributed by atoms with E-state index in [0.29, 0.717) is 5.92 Å². The van der Waals surface area contributed by atoms with E-state index in [2.05, 4.69) is 4.98 Å². The molecule has 0 radical (unpaired) electrons. The average Bonchev–Trinajstić information content (AvgIpc) is 3.12. The fourth-order valence-corrected chi connectivity index (χ4v) is 1.65. The van der Waals surface area contributed by atoms with Crippen LogP contribution in [0, 0.1) is 5.92 Å². The standard InChI is InChI=1S/C12H14N2O3/c1-14(7-8-2-3-8)11(15)10-6-9(12(16)17)4-5-13-10/h4-6,8H,2-3,7H2,1H3,(H,16,17). The molecule has 17 heavy (non-hydrogen) atoms. The zero-order valence-corrected chi connectivity index (χ0v) is 9.59. The number of aromatic nitrogens is 1. The molecular formula is C12H14N2O3. The third-order valence-corrected chi connectivity index (χ3v) is 2.80. The van der Waals surface area contributed by atoms with Crippen LogP contribution in [0.3, 0.4) is 0 Å². The molecular weight excluding hydrogens is 220 g/mol. The molecule has 5 nitrogen and oxygen atoms in total. The Balaban J connectivity index is 2.11. The molecule has 0 aromatic carbocycles. The number of pyridine rings is 1. The van der Waals surface area contributed by atoms with Crippen LogP contribution in [0.2, 0.25) is 0 Å². The third kappa shape index (κ3) is 2.81. The number of hydrogen-bond donors (Lipinski definition) is 1. The molecule has 1 saturated carbocycles. The van der Waals surface area contributed by atoms with E-state index in [9.17, 15) is 9.59 Å². The zero-order valence-electron chi connectivity index (χ0n) is 9.59. The van der Waals surface area contributed by atoms with Crippen LogP contribution in [0.25, 0.3) is 0 Å². The summed E-state index contributed by atoms with van der Waals surface area (Å²) in [5.74, 6) is -0.669. The molecule has 0 spiro atoms. The molecule has 1 heterocycles. The highest BCUT2D eigenvalue weighted by molar-refractivity contribution is 5.95. The van der Waals surface area contributed by atoms with Crippen molar-refractivity contribution in [2.45, 2.75) is 12.8 Å². The summed E-state index contributed by atoms with van der Waals surface area (Å²) in [6.45, 7) is 0.720. The Morgan fingerprint density at radius 3 is 2.82 bits per heavy atom. The maximum Gasteiger partial charge on any atom is 0.335 e. The van der Waals surface area contributed by atoms with Crippen LogP contribution in [-0.2, 0) is 0 Å². The Hall–Kier alpha value is -1.91. The summed E-state index contributed by atoms with van der Waals surface area (Å²) in [5, 5.41) is 8.83. The van der Waals surface area contributed by atoms with Crippen LogP contribution in [-0.4, -0.2) is 40.5 Å². The van der Waals surface area contributed by atoms with Crippen LogP contribution in [0.1, 0.15) is 33.7 Å². The van der Waals surface area contributed by atoms with E-state index in [0.717, 1.165) is 6.54 Å². The maximum absolute atomic E-state index is 12.0. The Labute approximate surface area is 99.1 Å². The van der Waals surface area contributed by atoms with Crippen LogP contribution in [0.5, 0.6) is 0 Å². The quantitative estimate of drug-likeness (QED) is 0.851. The molecule has 1 aromatic rings. The number of nitrogens with zero attached hydrogens (tertiary/aromatic N) is 2. The first-order valence-electron chi connectivity index (χ1n) is 5.52. The van der Waals surface area contributed by atoms with Crippen LogP contribution < -0.4 is 0 Å². The summed E-state index contributed by atoms with van der Waals surface area (Å²) >= 11 is 0. The van der Waals surface area contributed by atoms with Gasteiger partial charge in [0.25, 0.3) is 5.91 Å². The molecule has 0 atom stereocenters. The summed E-state index contributed by atoms with van der Waals surface area (Å²) in [5.41, 5.74) is 0.274. The molecule has 0 aliphatic heterocycles. The largest absolute Gasteiger partial charge is 0.478 e. The van der Waals surface area contributed by atoms with Crippen molar-refractivity contribution in [2.75, 3.05) is 13.6 Å². The summed E-state index contributed by atoms with van der Waals surface area (Å²) in [6, 6.07) is 2.69. The number of carboxylic acid groups (broad SMARTS) is 1. The molecule has 1 aliphatic rings. The van der Waals surface area contributed by atoms with E-state index in [1.54, 1.807) is 11.9 Å². The molecule has 1 aliphatic carbocycles. The second-order valence-electron chi connectivity index (χ2n) is 4.36. The van der Waals surface area contributed by atoms with E-state index < -0.39 is 5.97 Å². The van der Waals surface area contributed by atoms with Gasteiger partial charge in [0.05, 0.1) is 5.56 Å². The maximum atomic E-state index is 12.0. The zero-order chi connectivity index (χ0) is 12.4. The lowest BCUT2D eigenvalue weighted by Gasteiger charge is -2.16. The van der Waals surface area contributed by atoms with Gasteiger partial charge in [0.15, 0.2) is 0 Å². The number of hydrogen-bond acceptors (Lipinski definition) is 3. The van der Waals surface area contributed by atoms with E-state index in [1.807, 2.05) is 0 Å². The summed E-state index contributed by atoms with van der Waals surface area (Å²) < 4.78 is 0. The van der Waals surface area contributed by atoms with Gasteiger partial charge in [0, 0.05) is 19.8 Å². The van der Waals surface area contributed by atoms with Crippen molar-refractivity contribution in [1.82, 2.24) is 9.88 Å². The van der Waals surface area contributed by atoms with Gasteiger partial charge in [-0.2, -0.15) is 0 Å². The Morgan fingerprint density at radius 2 is 2.24 bits per heavy atom. The highest BCUT2D eigenvalue weighted by Gasteiger charge is 2.25. The van der Waals surface area contributed by atoms with E-state index in [1.165, 1.54) is 31.2 Å². The van der Waals surface area contributed by atoms with Gasteiger partial charge in [-0.1, -0.05) is 0 Å². The lowest BCUT2D eigenvalue weighted by atomic mass is 10.2. The first kappa shape index (κ1) is 11.6. The molecule has 1 aromatic heterocycles. The van der Waals surface area contributed by atoms with Crippen LogP contribution in [0.15, 0.2) is 18.3 Å². The van der Waals surface area contributed by atoms with Crippen molar-refractivity contribution in [1.29, 1.82) is 0 Å². The number of carbonyl (C=O) groups is 2. The lowest BCUT2D eigenvalue weighted by molar-refractivity contribution is 0.0696. The number of carboxylic acids is 1. The molecule has 0 saturated heterocycles. The molecule has 1 N–H and O–H groups in total. The summed E-state index contributed by atoms with van der Waals surface area (Å²) in [4.78, 5) is 28.3. The smallest absolute Gasteiger partial charge is 0.335 e. The number of amides is 1. The first-order valence-corrected chi connectivity index (χ1v) is 5.52. The molecule has 0 bridgehead atoms. The van der Waals surface area contributed by atoms with Gasteiger partial charge in [0.1, 0.15) is 5.69 Å². The Kier molecular flexibility index (Phi) is 3.08. The van der Waals surface area contributed by atoms with Gasteiger partial charge in [-0.3, -0.25) is 9.78 Å². The number of carbonyl (C=O) groups excluding carboxylic acids is 1. The molecule has 0 unspecified atom stereocenters. The third-order valence-electron chi connectivity index (χ3n) is 2.80. The van der Waals surface area contributed by atoms with Crippen molar-refractivity contribution in [2.24, 2.45) is 5.92 Å². The molecule has 5 heteroatoms. The van der Waals surface area contributed by atoms with Crippen molar-refractivity contribution in [3.63, 3.8) is 0 Å². The summed E-state index contributed by atoms with van der Waals surface area (Å²) in [6.07, 6.45) is 3.68. The highest BCUT2D eigenvalue weighted by atomic mass is 16.4. The first-order chi connectivity index (χ1) is 8.08. The second-order valence-corrected chi connectivity index (χ2v) is 4.36. The SMILES string of the molecule is CN(CC1CC1)C(=O)c1cc(C(=O)O)ccn1. The molecule has 1 amide bonds. The van der Waals surface area contributed by atoms with E-state index >= 15 is 0 Å². The minimum Gasteiger partial charge on any atom is -0.478 e. The molecule has 1 fully saturated rings. The Bertz CT molecular complexity index is 455. The predicted molar refractivity (Wildman–Crippen MR) is 60.9 cm³/mol. The van der Waals surface area contributed by atoms with Gasteiger partial charge in [-0.25, -0.2) is 4.79 Å². The van der Waals surface area contributed by atoms with Crippen molar-refractivity contribution in [3.8, 4) is 0 Å². The number of aromatic carboxylic acids is 1. The summed E-state index contributed by atoms with van der Waals surface area (Å²) in [7, 11) is 1.72. The normalized spacial score (nSPS) is 14.4. The fourth-order valence-electron chi connectivity index (χ4n) is 1.65. The number of rotatable bonds is 4. The molecule has 90 valence electrons. The second kappa shape index (κ2) is 4.53. The van der Waals surface area contributed by atoms with E-state index in [-0.39, 0.29) is 17.2 Å². The molecule has 2 rings (SSSR count). The van der Waals surface area contributed by atoms with Gasteiger partial charge in [0.2, 0.25) is 0 Å². The average molecular weight is 234 g/mol. The van der Waals surface area contributed by atoms with Crippen molar-refractivity contribution in [3.05, 3.63) is 29.6 Å². The van der Waals surface area contributed by atoms with Gasteiger partial charge >= 0.3 is 5.97 Å². The van der Waals surface area contributed by atoms with Gasteiger partial charge < -0.3 is 10.0 Å². The topological polar surface area (TPSA) is 70.5 Å². The van der Waals surface area contributed by atoms with Crippen LogP contribution >= 0.6 is 0 Å². The van der Waals surface area contributed by atoms with Crippen LogP contribution in [0.4, 0.5) is 0 Å². The van der Waals surface area contributed by atoms with Gasteiger partial charge in [-0.05, 0) is 30.9 Å². The monoisotopic (exact) mass is 234 g/mol. The highest BCUT2D eigenvalue weighted by Crippen LogP contribution is 2.29. The van der Waals surface area contributed by atoms with Crippen molar-refractivity contribution >= 4 is 11.9 Å². The van der Waals surface area contributed by atoms with Crippen molar-refractivity contribution < 1.29 is 14.7 Å². The Morgan fingerprint density at radius 1 is 1.53 bits per heavy atom. The van der Waals surface area contributed by atoms with Gasteiger partial charge in [-0.15, -0.1) is 0 Å².